The molecule has 0 aliphatic carbocycles. The highest BCUT2D eigenvalue weighted by atomic mass is 16.3. The zero-order chi connectivity index (χ0) is 22.5. The molecule has 0 unspecified atom stereocenters. The number of rotatable bonds is 8. The van der Waals surface area contributed by atoms with E-state index in [1.165, 1.54) is 24.6 Å². The zero-order valence-electron chi connectivity index (χ0n) is 18.4. The molecule has 1 atom stereocenters. The largest absolute Gasteiger partial charge is 0.390 e. The van der Waals surface area contributed by atoms with Crippen molar-refractivity contribution in [1.29, 1.82) is 5.41 Å². The topological polar surface area (TPSA) is 81.3 Å². The third kappa shape index (κ3) is 5.15. The number of anilines is 1. The Hall–Kier alpha value is -3.22. The smallest absolute Gasteiger partial charge is 0.255 e. The van der Waals surface area contributed by atoms with Crippen LogP contribution in [0.25, 0.3) is 16.8 Å². The first kappa shape index (κ1) is 22.0. The summed E-state index contributed by atoms with van der Waals surface area (Å²) in [6.07, 6.45) is 4.97. The predicted molar refractivity (Wildman–Crippen MR) is 130 cm³/mol. The maximum absolute atomic E-state index is 12.8. The van der Waals surface area contributed by atoms with Gasteiger partial charge >= 0.3 is 0 Å². The van der Waals surface area contributed by atoms with Gasteiger partial charge in [0.15, 0.2) is 0 Å². The predicted octanol–water partition coefficient (Wildman–Crippen LogP) is 3.68. The van der Waals surface area contributed by atoms with Gasteiger partial charge in [-0.25, -0.2) is 0 Å². The van der Waals surface area contributed by atoms with Crippen molar-refractivity contribution in [3.05, 3.63) is 82.3 Å². The van der Waals surface area contributed by atoms with Gasteiger partial charge in [-0.05, 0) is 68.2 Å². The molecular weight excluding hydrogens is 400 g/mol. The Balaban J connectivity index is 1.48. The quantitative estimate of drug-likeness (QED) is 0.476. The minimum atomic E-state index is -0.469. The summed E-state index contributed by atoms with van der Waals surface area (Å²) >= 11 is 0. The van der Waals surface area contributed by atoms with Crippen LogP contribution in [0.15, 0.2) is 65.6 Å². The highest BCUT2D eigenvalue weighted by Crippen LogP contribution is 2.21. The van der Waals surface area contributed by atoms with Crippen LogP contribution < -0.4 is 10.9 Å². The highest BCUT2D eigenvalue weighted by Gasteiger charge is 2.16. The van der Waals surface area contributed by atoms with E-state index in [9.17, 15) is 9.90 Å². The fourth-order valence-corrected chi connectivity index (χ4v) is 4.15. The van der Waals surface area contributed by atoms with Crippen molar-refractivity contribution in [1.82, 2.24) is 9.47 Å². The lowest BCUT2D eigenvalue weighted by Gasteiger charge is -2.20. The molecule has 3 aromatic rings. The van der Waals surface area contributed by atoms with Gasteiger partial charge in [0, 0.05) is 48.5 Å². The van der Waals surface area contributed by atoms with Gasteiger partial charge in [0.1, 0.15) is 0 Å². The molecule has 0 amide bonds. The monoisotopic (exact) mass is 430 g/mol. The maximum Gasteiger partial charge on any atom is 0.255 e. The Kier molecular flexibility index (Phi) is 6.83. The van der Waals surface area contributed by atoms with E-state index < -0.39 is 6.10 Å². The molecule has 166 valence electrons. The van der Waals surface area contributed by atoms with Crippen LogP contribution in [-0.2, 0) is 0 Å². The fourth-order valence-electron chi connectivity index (χ4n) is 4.15. The molecule has 1 saturated heterocycles. The minimum absolute atomic E-state index is 0.124. The number of pyridine rings is 1. The number of aromatic nitrogens is 1. The van der Waals surface area contributed by atoms with Gasteiger partial charge in [-0.1, -0.05) is 29.8 Å². The number of aryl methyl sites for hydroxylation is 1. The lowest BCUT2D eigenvalue weighted by molar-refractivity contribution is 0.135. The molecule has 1 fully saturated rings. The first-order valence-corrected chi connectivity index (χ1v) is 11.1. The summed E-state index contributed by atoms with van der Waals surface area (Å²) in [4.78, 5) is 15.1. The third-order valence-electron chi connectivity index (χ3n) is 5.97. The number of hydrogen-bond donors (Lipinski definition) is 3. The summed E-state index contributed by atoms with van der Waals surface area (Å²) in [5, 5.41) is 21.4. The number of β-amino-alcohol motifs (C(OH)–C–C–N with tert-alkyl or cyclic N) is 1. The van der Waals surface area contributed by atoms with Crippen molar-refractivity contribution < 1.29 is 5.11 Å². The minimum Gasteiger partial charge on any atom is -0.390 e. The first-order chi connectivity index (χ1) is 15.5. The van der Waals surface area contributed by atoms with Crippen LogP contribution in [0.1, 0.15) is 24.0 Å². The number of aliphatic hydroxyl groups is 1. The van der Waals surface area contributed by atoms with E-state index in [0.717, 1.165) is 29.9 Å². The molecule has 1 aliphatic heterocycles. The van der Waals surface area contributed by atoms with E-state index in [2.05, 4.69) is 10.2 Å². The fraction of sp³-hybridized carbons (Fsp3) is 0.308. The molecule has 32 heavy (non-hydrogen) atoms. The zero-order valence-corrected chi connectivity index (χ0v) is 18.4. The van der Waals surface area contributed by atoms with Gasteiger partial charge in [0.25, 0.3) is 5.56 Å². The summed E-state index contributed by atoms with van der Waals surface area (Å²) in [5.41, 5.74) is 5.08. The van der Waals surface area contributed by atoms with Crippen LogP contribution in [-0.4, -0.2) is 53.1 Å². The van der Waals surface area contributed by atoms with E-state index in [1.54, 1.807) is 16.8 Å². The summed E-state index contributed by atoms with van der Waals surface area (Å²) in [5.74, 6) is 0. The van der Waals surface area contributed by atoms with Crippen LogP contribution in [0.2, 0.25) is 0 Å². The molecule has 1 aromatic heterocycles. The number of benzene rings is 2. The Bertz CT molecular complexity index is 1130. The van der Waals surface area contributed by atoms with E-state index in [0.29, 0.717) is 24.3 Å². The van der Waals surface area contributed by atoms with Crippen molar-refractivity contribution in [3.8, 4) is 16.8 Å². The lowest BCUT2D eigenvalue weighted by Crippen LogP contribution is -2.34. The van der Waals surface area contributed by atoms with Crippen molar-refractivity contribution in [2.45, 2.75) is 25.9 Å². The van der Waals surface area contributed by atoms with E-state index >= 15 is 0 Å². The van der Waals surface area contributed by atoms with E-state index in [-0.39, 0.29) is 5.56 Å². The van der Waals surface area contributed by atoms with Gasteiger partial charge in [0.2, 0.25) is 0 Å². The van der Waals surface area contributed by atoms with Crippen LogP contribution in [0.5, 0.6) is 0 Å². The molecule has 4 rings (SSSR count). The normalized spacial score (nSPS) is 14.9. The van der Waals surface area contributed by atoms with Crippen LogP contribution in [0.4, 0.5) is 5.69 Å². The SMILES string of the molecule is Cc1ccc(-c2ccn(-c3ccc(NC[C@H](O)CN4CCCC4)c(C=N)c3)c(=O)c2)cc1. The van der Waals surface area contributed by atoms with Gasteiger partial charge in [-0.2, -0.15) is 0 Å². The summed E-state index contributed by atoms with van der Waals surface area (Å²) in [7, 11) is 0. The Morgan fingerprint density at radius 2 is 1.81 bits per heavy atom. The molecule has 1 aliphatic rings. The van der Waals surface area contributed by atoms with Gasteiger partial charge in [0.05, 0.1) is 6.10 Å². The second kappa shape index (κ2) is 9.94. The Morgan fingerprint density at radius 3 is 2.50 bits per heavy atom. The molecule has 0 saturated carbocycles. The average Bonchev–Trinajstić information content (AvgIpc) is 3.31. The van der Waals surface area contributed by atoms with Crippen molar-refractivity contribution in [2.75, 3.05) is 31.5 Å². The van der Waals surface area contributed by atoms with Crippen LogP contribution in [0.3, 0.4) is 0 Å². The van der Waals surface area contributed by atoms with Crippen LogP contribution >= 0.6 is 0 Å². The second-order valence-corrected chi connectivity index (χ2v) is 8.45. The Morgan fingerprint density at radius 1 is 1.06 bits per heavy atom. The summed E-state index contributed by atoms with van der Waals surface area (Å²) in [6, 6.07) is 17.2. The molecular formula is C26H30N4O2. The standard InChI is InChI=1S/C26H30N4O2/c1-19-4-6-20(7-5-19)21-10-13-30(26(32)15-21)23-8-9-25(22(14-23)16-27)28-17-24(31)18-29-11-2-3-12-29/h4-10,13-16,24,27-28,31H,2-3,11-12,17-18H2,1H3/t24-/m0/s1. The number of aliphatic hydroxyl groups excluding tert-OH is 1. The lowest BCUT2D eigenvalue weighted by atomic mass is 10.1. The number of hydrogen-bond acceptors (Lipinski definition) is 5. The molecule has 2 heterocycles. The number of nitrogens with one attached hydrogen (secondary N) is 2. The van der Waals surface area contributed by atoms with Gasteiger partial charge in [-0.3, -0.25) is 9.36 Å². The summed E-state index contributed by atoms with van der Waals surface area (Å²) < 4.78 is 1.58. The van der Waals surface area contributed by atoms with Crippen molar-refractivity contribution in [2.24, 2.45) is 0 Å². The third-order valence-corrected chi connectivity index (χ3v) is 5.97. The van der Waals surface area contributed by atoms with Crippen molar-refractivity contribution >= 4 is 11.9 Å². The Labute approximate surface area is 188 Å². The molecule has 6 nitrogen and oxygen atoms in total. The number of likely N-dealkylation sites (tertiary alicyclic amines) is 1. The van der Waals surface area contributed by atoms with Crippen LogP contribution in [0, 0.1) is 12.3 Å². The van der Waals surface area contributed by atoms with E-state index in [1.807, 2.05) is 55.5 Å². The van der Waals surface area contributed by atoms with Gasteiger partial charge in [-0.15, -0.1) is 0 Å². The van der Waals surface area contributed by atoms with E-state index in [4.69, 9.17) is 5.41 Å². The molecule has 0 bridgehead atoms. The molecule has 0 spiro atoms. The molecule has 3 N–H and O–H groups in total. The molecule has 0 radical (unpaired) electrons. The van der Waals surface area contributed by atoms with Gasteiger partial charge < -0.3 is 20.7 Å². The second-order valence-electron chi connectivity index (χ2n) is 8.45. The average molecular weight is 431 g/mol. The molecule has 2 aromatic carbocycles. The molecule has 6 heteroatoms. The maximum atomic E-state index is 12.8. The number of nitrogens with zero attached hydrogens (tertiary/aromatic N) is 2. The van der Waals surface area contributed by atoms with Crippen molar-refractivity contribution in [3.63, 3.8) is 0 Å². The first-order valence-electron chi connectivity index (χ1n) is 11.1. The highest BCUT2D eigenvalue weighted by molar-refractivity contribution is 5.86. The summed E-state index contributed by atoms with van der Waals surface area (Å²) in [6.45, 7) is 5.22.